The van der Waals surface area contributed by atoms with Crippen LogP contribution in [0.15, 0.2) is 17.5 Å². The molecule has 0 fully saturated rings. The SMILES string of the molecule is COC(=O)CC#Cc1csc(/C=C/C(=O)O)c1. The molecule has 1 aromatic rings. The predicted octanol–water partition coefficient (Wildman–Crippen LogP) is 1.76. The maximum Gasteiger partial charge on any atom is 0.328 e. The van der Waals surface area contributed by atoms with Crippen molar-refractivity contribution in [1.82, 2.24) is 0 Å². The van der Waals surface area contributed by atoms with E-state index < -0.39 is 5.97 Å². The normalized spacial score (nSPS) is 9.71. The highest BCUT2D eigenvalue weighted by Gasteiger charge is 1.96. The van der Waals surface area contributed by atoms with Gasteiger partial charge in [-0.1, -0.05) is 11.8 Å². The summed E-state index contributed by atoms with van der Waals surface area (Å²) in [5, 5.41) is 10.2. The van der Waals surface area contributed by atoms with E-state index in [-0.39, 0.29) is 12.4 Å². The lowest BCUT2D eigenvalue weighted by atomic mass is 10.3. The molecule has 1 aromatic heterocycles. The lowest BCUT2D eigenvalue weighted by Gasteiger charge is -1.88. The number of hydrogen-bond donors (Lipinski definition) is 1. The van der Waals surface area contributed by atoms with Crippen LogP contribution in [0.5, 0.6) is 0 Å². The Kier molecular flexibility index (Phi) is 4.98. The Labute approximate surface area is 103 Å². The fourth-order valence-electron chi connectivity index (χ4n) is 0.950. The maximum atomic E-state index is 10.8. The van der Waals surface area contributed by atoms with Gasteiger partial charge in [-0.3, -0.25) is 4.79 Å². The standard InChI is InChI=1S/C12H10O4S/c1-16-12(15)4-2-3-9-7-10(17-8-9)5-6-11(13)14/h5-8H,4H2,1H3,(H,13,14)/b6-5+. The van der Waals surface area contributed by atoms with E-state index in [0.29, 0.717) is 0 Å². The number of carboxylic acids is 1. The molecule has 0 atom stereocenters. The van der Waals surface area contributed by atoms with Gasteiger partial charge in [0.15, 0.2) is 0 Å². The van der Waals surface area contributed by atoms with E-state index in [2.05, 4.69) is 16.6 Å². The third-order valence-corrected chi connectivity index (χ3v) is 2.60. The molecule has 0 aliphatic heterocycles. The second-order valence-corrected chi connectivity index (χ2v) is 3.91. The van der Waals surface area contributed by atoms with Gasteiger partial charge in [-0.05, 0) is 12.1 Å². The van der Waals surface area contributed by atoms with Crippen LogP contribution in [-0.2, 0) is 14.3 Å². The summed E-state index contributed by atoms with van der Waals surface area (Å²) in [4.78, 5) is 21.9. The molecule has 0 aliphatic carbocycles. The number of esters is 1. The summed E-state index contributed by atoms with van der Waals surface area (Å²) in [6, 6.07) is 1.76. The molecular weight excluding hydrogens is 240 g/mol. The molecule has 1 rings (SSSR count). The summed E-state index contributed by atoms with van der Waals surface area (Å²) < 4.78 is 4.44. The smallest absolute Gasteiger partial charge is 0.328 e. The van der Waals surface area contributed by atoms with Crippen LogP contribution in [0.4, 0.5) is 0 Å². The van der Waals surface area contributed by atoms with Gasteiger partial charge in [0.1, 0.15) is 6.42 Å². The molecule has 0 saturated heterocycles. The number of carbonyl (C=O) groups is 2. The molecule has 0 radical (unpaired) electrons. The Morgan fingerprint density at radius 3 is 3.00 bits per heavy atom. The first-order valence-corrected chi connectivity index (χ1v) is 5.55. The van der Waals surface area contributed by atoms with Crippen molar-refractivity contribution in [2.45, 2.75) is 6.42 Å². The Balaban J connectivity index is 2.62. The van der Waals surface area contributed by atoms with Crippen LogP contribution in [0.2, 0.25) is 0 Å². The average molecular weight is 250 g/mol. The van der Waals surface area contributed by atoms with E-state index >= 15 is 0 Å². The molecule has 0 bridgehead atoms. The second-order valence-electron chi connectivity index (χ2n) is 2.96. The van der Waals surface area contributed by atoms with Crippen molar-refractivity contribution in [2.24, 2.45) is 0 Å². The first kappa shape index (κ1) is 13.0. The number of aliphatic carboxylic acids is 1. The van der Waals surface area contributed by atoms with Crippen molar-refractivity contribution in [3.8, 4) is 11.8 Å². The number of rotatable bonds is 3. The zero-order valence-electron chi connectivity index (χ0n) is 9.10. The number of thiophene rings is 1. The van der Waals surface area contributed by atoms with E-state index in [4.69, 9.17) is 5.11 Å². The fourth-order valence-corrected chi connectivity index (χ4v) is 1.68. The van der Waals surface area contributed by atoms with Crippen molar-refractivity contribution < 1.29 is 19.4 Å². The van der Waals surface area contributed by atoms with Gasteiger partial charge in [-0.2, -0.15) is 0 Å². The van der Waals surface area contributed by atoms with Crippen LogP contribution in [0.3, 0.4) is 0 Å². The summed E-state index contributed by atoms with van der Waals surface area (Å²) in [6.07, 6.45) is 2.61. The topological polar surface area (TPSA) is 63.6 Å². The molecule has 0 unspecified atom stereocenters. The van der Waals surface area contributed by atoms with Crippen LogP contribution in [0.1, 0.15) is 16.9 Å². The summed E-state index contributed by atoms with van der Waals surface area (Å²) in [7, 11) is 1.31. The third-order valence-electron chi connectivity index (χ3n) is 1.70. The second kappa shape index (κ2) is 6.51. The Hall–Kier alpha value is -2.06. The minimum atomic E-state index is -0.989. The molecular formula is C12H10O4S. The fraction of sp³-hybridized carbons (Fsp3) is 0.167. The van der Waals surface area contributed by atoms with Crippen molar-refractivity contribution in [3.05, 3.63) is 28.0 Å². The van der Waals surface area contributed by atoms with Gasteiger partial charge < -0.3 is 9.84 Å². The van der Waals surface area contributed by atoms with Crippen LogP contribution in [0, 0.1) is 11.8 Å². The van der Waals surface area contributed by atoms with E-state index in [1.807, 2.05) is 0 Å². The largest absolute Gasteiger partial charge is 0.478 e. The highest BCUT2D eigenvalue weighted by molar-refractivity contribution is 7.11. The minimum Gasteiger partial charge on any atom is -0.478 e. The molecule has 88 valence electrons. The summed E-state index contributed by atoms with van der Waals surface area (Å²) in [5.41, 5.74) is 0.754. The van der Waals surface area contributed by atoms with Crippen molar-refractivity contribution in [1.29, 1.82) is 0 Å². The van der Waals surface area contributed by atoms with Crippen molar-refractivity contribution in [3.63, 3.8) is 0 Å². The maximum absolute atomic E-state index is 10.8. The summed E-state index contributed by atoms with van der Waals surface area (Å²) in [5.74, 6) is 4.10. The molecule has 17 heavy (non-hydrogen) atoms. The average Bonchev–Trinajstić information content (AvgIpc) is 2.74. The van der Waals surface area contributed by atoms with Crippen LogP contribution in [0.25, 0.3) is 6.08 Å². The van der Waals surface area contributed by atoms with Gasteiger partial charge in [0, 0.05) is 21.9 Å². The van der Waals surface area contributed by atoms with Crippen LogP contribution in [-0.4, -0.2) is 24.2 Å². The zero-order valence-corrected chi connectivity index (χ0v) is 9.91. The third kappa shape index (κ3) is 5.00. The molecule has 4 nitrogen and oxygen atoms in total. The van der Waals surface area contributed by atoms with Gasteiger partial charge in [0.25, 0.3) is 0 Å². The van der Waals surface area contributed by atoms with E-state index in [1.165, 1.54) is 24.5 Å². The van der Waals surface area contributed by atoms with Gasteiger partial charge in [0.05, 0.1) is 7.11 Å². The van der Waals surface area contributed by atoms with Crippen molar-refractivity contribution >= 4 is 29.4 Å². The lowest BCUT2D eigenvalue weighted by molar-refractivity contribution is -0.139. The van der Waals surface area contributed by atoms with E-state index in [1.54, 1.807) is 11.4 Å². The molecule has 0 saturated carbocycles. The van der Waals surface area contributed by atoms with Gasteiger partial charge in [-0.25, -0.2) is 4.79 Å². The number of ether oxygens (including phenoxy) is 1. The van der Waals surface area contributed by atoms with Crippen LogP contribution < -0.4 is 0 Å². The van der Waals surface area contributed by atoms with Gasteiger partial charge >= 0.3 is 11.9 Å². The monoisotopic (exact) mass is 250 g/mol. The number of methoxy groups -OCH3 is 1. The first-order valence-electron chi connectivity index (χ1n) is 4.67. The molecule has 0 spiro atoms. The quantitative estimate of drug-likeness (QED) is 0.504. The summed E-state index contributed by atoms with van der Waals surface area (Å²) in [6.45, 7) is 0. The predicted molar refractivity (Wildman–Crippen MR) is 64.5 cm³/mol. The number of carbonyl (C=O) groups excluding carboxylic acids is 1. The Morgan fingerprint density at radius 2 is 2.35 bits per heavy atom. The number of hydrogen-bond acceptors (Lipinski definition) is 4. The van der Waals surface area contributed by atoms with Gasteiger partial charge in [-0.15, -0.1) is 11.3 Å². The summed E-state index contributed by atoms with van der Waals surface area (Å²) >= 11 is 1.39. The van der Waals surface area contributed by atoms with E-state index in [0.717, 1.165) is 16.5 Å². The van der Waals surface area contributed by atoms with E-state index in [9.17, 15) is 9.59 Å². The molecule has 1 heterocycles. The molecule has 1 N–H and O–H groups in total. The zero-order chi connectivity index (χ0) is 12.7. The first-order chi connectivity index (χ1) is 8.11. The molecule has 0 aliphatic rings. The molecule has 0 amide bonds. The van der Waals surface area contributed by atoms with Crippen molar-refractivity contribution in [2.75, 3.05) is 7.11 Å². The highest BCUT2D eigenvalue weighted by Crippen LogP contribution is 2.15. The molecule has 0 aromatic carbocycles. The Bertz CT molecular complexity index is 502. The minimum absolute atomic E-state index is 0.0483. The lowest BCUT2D eigenvalue weighted by Crippen LogP contribution is -1.96. The van der Waals surface area contributed by atoms with Gasteiger partial charge in [0.2, 0.25) is 0 Å². The Morgan fingerprint density at radius 1 is 1.59 bits per heavy atom. The number of carboxylic acid groups (broad SMARTS) is 1. The van der Waals surface area contributed by atoms with Crippen LogP contribution >= 0.6 is 11.3 Å². The molecule has 5 heteroatoms. The highest BCUT2D eigenvalue weighted by atomic mass is 32.1.